The van der Waals surface area contributed by atoms with Crippen LogP contribution in [0.25, 0.3) is 0 Å². The molecule has 0 spiro atoms. The molecule has 0 saturated carbocycles. The Morgan fingerprint density at radius 1 is 1.36 bits per heavy atom. The molecule has 1 aromatic carbocycles. The van der Waals surface area contributed by atoms with Crippen molar-refractivity contribution in [2.45, 2.75) is 6.92 Å². The molecule has 14 heavy (non-hydrogen) atoms. The van der Waals surface area contributed by atoms with E-state index in [0.29, 0.717) is 6.29 Å². The van der Waals surface area contributed by atoms with Crippen molar-refractivity contribution >= 4 is 28.1 Å². The molecular formula is C10H10N2OS. The quantitative estimate of drug-likeness (QED) is 0.442. The highest BCUT2D eigenvalue weighted by atomic mass is 32.2. The Balaban J connectivity index is 2.85. The fourth-order valence-corrected chi connectivity index (χ4v) is 1.62. The summed E-state index contributed by atoms with van der Waals surface area (Å²) in [7, 11) is 0. The normalized spacial score (nSPS) is 9.50. The molecule has 0 aliphatic rings. The van der Waals surface area contributed by atoms with E-state index in [4.69, 9.17) is 10.8 Å². The standard InChI is InChI=1S/C10H10N2OS/c1-7-4-2-3-5-8(7)10(12)14-9(11)6-13/h2-6,11-12H,1H3. The first-order chi connectivity index (χ1) is 6.65. The molecule has 0 heterocycles. The SMILES string of the molecule is Cc1ccccc1C(=N)SC(=N)C=O. The van der Waals surface area contributed by atoms with E-state index in [1.165, 1.54) is 0 Å². The molecule has 72 valence electrons. The Labute approximate surface area is 86.5 Å². The van der Waals surface area contributed by atoms with E-state index in [0.717, 1.165) is 22.9 Å². The van der Waals surface area contributed by atoms with Gasteiger partial charge in [0, 0.05) is 5.56 Å². The number of benzene rings is 1. The van der Waals surface area contributed by atoms with Crippen molar-refractivity contribution in [3.8, 4) is 0 Å². The fourth-order valence-electron chi connectivity index (χ4n) is 1.02. The second-order valence-corrected chi connectivity index (χ2v) is 3.78. The topological polar surface area (TPSA) is 64.8 Å². The summed E-state index contributed by atoms with van der Waals surface area (Å²) in [6.07, 6.45) is 0.442. The zero-order valence-corrected chi connectivity index (χ0v) is 8.52. The number of rotatable bonds is 2. The molecule has 0 aliphatic heterocycles. The Morgan fingerprint density at radius 3 is 2.57 bits per heavy atom. The van der Waals surface area contributed by atoms with E-state index < -0.39 is 0 Å². The first-order valence-electron chi connectivity index (χ1n) is 4.01. The molecule has 4 heteroatoms. The molecule has 0 atom stereocenters. The van der Waals surface area contributed by atoms with E-state index in [1.807, 2.05) is 31.2 Å². The summed E-state index contributed by atoms with van der Waals surface area (Å²) in [6, 6.07) is 7.43. The molecule has 0 aromatic heterocycles. The van der Waals surface area contributed by atoms with Gasteiger partial charge in [0.15, 0.2) is 6.29 Å². The number of aldehydes is 1. The first kappa shape index (κ1) is 10.7. The number of hydrogen-bond acceptors (Lipinski definition) is 4. The van der Waals surface area contributed by atoms with Gasteiger partial charge in [-0.25, -0.2) is 0 Å². The van der Waals surface area contributed by atoms with Crippen LogP contribution in [0.15, 0.2) is 24.3 Å². The van der Waals surface area contributed by atoms with Gasteiger partial charge in [-0.1, -0.05) is 24.3 Å². The molecule has 2 N–H and O–H groups in total. The third kappa shape index (κ3) is 2.53. The molecule has 3 nitrogen and oxygen atoms in total. The van der Waals surface area contributed by atoms with Crippen molar-refractivity contribution < 1.29 is 4.79 Å². The number of carbonyl (C=O) groups is 1. The molecule has 0 aliphatic carbocycles. The summed E-state index contributed by atoms with van der Waals surface area (Å²) < 4.78 is 0. The highest BCUT2D eigenvalue weighted by Crippen LogP contribution is 2.15. The average Bonchev–Trinajstić information content (AvgIpc) is 2.18. The van der Waals surface area contributed by atoms with Crippen molar-refractivity contribution in [1.29, 1.82) is 10.8 Å². The summed E-state index contributed by atoms with van der Waals surface area (Å²) in [5.74, 6) is 0. The van der Waals surface area contributed by atoms with Crippen LogP contribution in [0.2, 0.25) is 0 Å². The highest BCUT2D eigenvalue weighted by Gasteiger charge is 2.07. The predicted octanol–water partition coefficient (Wildman–Crippen LogP) is 2.23. The van der Waals surface area contributed by atoms with Crippen molar-refractivity contribution in [3.05, 3.63) is 35.4 Å². The van der Waals surface area contributed by atoms with Crippen LogP contribution in [-0.2, 0) is 4.79 Å². The van der Waals surface area contributed by atoms with Gasteiger partial charge in [-0.2, -0.15) is 0 Å². The van der Waals surface area contributed by atoms with E-state index >= 15 is 0 Å². The third-order valence-electron chi connectivity index (χ3n) is 1.71. The minimum absolute atomic E-state index is 0.141. The largest absolute Gasteiger partial charge is 0.296 e. The number of nitrogens with one attached hydrogen (secondary N) is 2. The minimum atomic E-state index is -0.141. The van der Waals surface area contributed by atoms with Crippen LogP contribution in [0.3, 0.4) is 0 Å². The minimum Gasteiger partial charge on any atom is -0.296 e. The highest BCUT2D eigenvalue weighted by molar-refractivity contribution is 8.28. The Kier molecular flexibility index (Phi) is 3.59. The van der Waals surface area contributed by atoms with E-state index in [9.17, 15) is 4.79 Å². The lowest BCUT2D eigenvalue weighted by molar-refractivity contribution is -0.102. The number of aryl methyl sites for hydroxylation is 1. The van der Waals surface area contributed by atoms with Crippen molar-refractivity contribution in [2.24, 2.45) is 0 Å². The van der Waals surface area contributed by atoms with Crippen molar-refractivity contribution in [1.82, 2.24) is 0 Å². The molecule has 0 bridgehead atoms. The molecule has 0 unspecified atom stereocenters. The van der Waals surface area contributed by atoms with Crippen molar-refractivity contribution in [2.75, 3.05) is 0 Å². The van der Waals surface area contributed by atoms with E-state index in [1.54, 1.807) is 0 Å². The molecular weight excluding hydrogens is 196 g/mol. The number of thioether (sulfide) groups is 1. The lowest BCUT2D eigenvalue weighted by Crippen LogP contribution is -2.01. The second-order valence-electron chi connectivity index (χ2n) is 2.73. The average molecular weight is 206 g/mol. The maximum Gasteiger partial charge on any atom is 0.174 e. The van der Waals surface area contributed by atoms with Crippen LogP contribution in [0.1, 0.15) is 11.1 Å². The van der Waals surface area contributed by atoms with Gasteiger partial charge in [0.1, 0.15) is 10.1 Å². The zero-order chi connectivity index (χ0) is 10.6. The van der Waals surface area contributed by atoms with E-state index in [2.05, 4.69) is 0 Å². The van der Waals surface area contributed by atoms with Gasteiger partial charge >= 0.3 is 0 Å². The number of hydrogen-bond donors (Lipinski definition) is 2. The Morgan fingerprint density at radius 2 is 2.00 bits per heavy atom. The van der Waals surface area contributed by atoms with Gasteiger partial charge in [-0.3, -0.25) is 15.6 Å². The summed E-state index contributed by atoms with van der Waals surface area (Å²) in [5.41, 5.74) is 1.74. The van der Waals surface area contributed by atoms with Crippen LogP contribution in [0.5, 0.6) is 0 Å². The van der Waals surface area contributed by atoms with Gasteiger partial charge in [0.25, 0.3) is 0 Å². The maximum absolute atomic E-state index is 10.2. The van der Waals surface area contributed by atoms with Crippen molar-refractivity contribution in [3.63, 3.8) is 0 Å². The maximum atomic E-state index is 10.2. The lowest BCUT2D eigenvalue weighted by atomic mass is 10.1. The molecule has 1 aromatic rings. The third-order valence-corrected chi connectivity index (χ3v) is 2.45. The smallest absolute Gasteiger partial charge is 0.174 e. The van der Waals surface area contributed by atoms with Crippen LogP contribution in [-0.4, -0.2) is 16.4 Å². The molecule has 0 amide bonds. The number of carbonyl (C=O) groups excluding carboxylic acids is 1. The molecule has 0 fully saturated rings. The van der Waals surface area contributed by atoms with Crippen LogP contribution in [0, 0.1) is 17.7 Å². The fraction of sp³-hybridized carbons (Fsp3) is 0.100. The van der Waals surface area contributed by atoms with Gasteiger partial charge < -0.3 is 0 Å². The summed E-state index contributed by atoms with van der Waals surface area (Å²) in [5, 5.41) is 14.9. The van der Waals surface area contributed by atoms with Gasteiger partial charge in [0.05, 0.1) is 0 Å². The second kappa shape index (κ2) is 4.72. The van der Waals surface area contributed by atoms with Crippen LogP contribution in [0.4, 0.5) is 0 Å². The van der Waals surface area contributed by atoms with Crippen LogP contribution < -0.4 is 0 Å². The van der Waals surface area contributed by atoms with E-state index in [-0.39, 0.29) is 10.1 Å². The Bertz CT molecular complexity index is 387. The lowest BCUT2D eigenvalue weighted by Gasteiger charge is -2.04. The Hall–Kier alpha value is -1.42. The molecule has 0 radical (unpaired) electrons. The predicted molar refractivity (Wildman–Crippen MR) is 59.4 cm³/mol. The zero-order valence-electron chi connectivity index (χ0n) is 7.70. The summed E-state index contributed by atoms with van der Waals surface area (Å²) in [4.78, 5) is 10.2. The monoisotopic (exact) mass is 206 g/mol. The van der Waals surface area contributed by atoms with Crippen LogP contribution >= 0.6 is 11.8 Å². The van der Waals surface area contributed by atoms with Gasteiger partial charge in [-0.05, 0) is 24.2 Å². The van der Waals surface area contributed by atoms with Gasteiger partial charge in [-0.15, -0.1) is 0 Å². The first-order valence-corrected chi connectivity index (χ1v) is 4.83. The molecule has 0 saturated heterocycles. The summed E-state index contributed by atoms with van der Waals surface area (Å²) in [6.45, 7) is 1.90. The van der Waals surface area contributed by atoms with Gasteiger partial charge in [0.2, 0.25) is 0 Å². The molecule has 1 rings (SSSR count). The summed E-state index contributed by atoms with van der Waals surface area (Å²) >= 11 is 0.865.